The summed E-state index contributed by atoms with van der Waals surface area (Å²) in [5, 5.41) is 2.81. The van der Waals surface area contributed by atoms with Crippen LogP contribution in [0.4, 0.5) is 0 Å². The highest BCUT2D eigenvalue weighted by Gasteiger charge is 2.26. The molecule has 184 valence electrons. The van der Waals surface area contributed by atoms with Crippen molar-refractivity contribution in [1.82, 2.24) is 14.5 Å². The molecule has 1 atom stereocenters. The minimum Gasteiger partial charge on any atom is -0.490 e. The van der Waals surface area contributed by atoms with Gasteiger partial charge in [-0.15, -0.1) is 0 Å². The molecule has 0 radical (unpaired) electrons. The van der Waals surface area contributed by atoms with Crippen molar-refractivity contribution in [2.75, 3.05) is 53.0 Å². The zero-order chi connectivity index (χ0) is 24.0. The Balaban J connectivity index is 1.28. The molecule has 0 aliphatic carbocycles. The van der Waals surface area contributed by atoms with E-state index < -0.39 is 10.0 Å². The highest BCUT2D eigenvalue weighted by molar-refractivity contribution is 7.89. The molecule has 0 aromatic heterocycles. The van der Waals surface area contributed by atoms with Crippen LogP contribution in [-0.4, -0.2) is 82.7 Å². The number of sulfonamides is 1. The Kier molecular flexibility index (Phi) is 8.04. The zero-order valence-corrected chi connectivity index (χ0v) is 20.1. The van der Waals surface area contributed by atoms with Crippen LogP contribution in [0.3, 0.4) is 0 Å². The predicted octanol–water partition coefficient (Wildman–Crippen LogP) is 1.49. The van der Waals surface area contributed by atoms with Gasteiger partial charge in [-0.2, -0.15) is 4.31 Å². The monoisotopic (exact) mass is 489 g/mol. The fourth-order valence-electron chi connectivity index (χ4n) is 3.94. The number of hydrogen-bond acceptors (Lipinski definition) is 7. The van der Waals surface area contributed by atoms with Gasteiger partial charge in [0, 0.05) is 45.7 Å². The van der Waals surface area contributed by atoms with Gasteiger partial charge in [-0.3, -0.25) is 9.69 Å². The van der Waals surface area contributed by atoms with Crippen LogP contribution in [-0.2, 0) is 26.1 Å². The standard InChI is InChI=1S/C24H31N3O6S/c1-26(34(29,30)21-8-9-22-23(14-21)33-12-5-11-32-22)18-24(28)25-15-20-17-27(10-13-31-20)16-19-6-3-2-4-7-19/h2-4,6-9,14,20H,5,10-13,15-18H2,1H3,(H,25,28). The Hall–Kier alpha value is -2.66. The molecule has 0 bridgehead atoms. The van der Waals surface area contributed by atoms with Crippen molar-refractivity contribution in [2.24, 2.45) is 0 Å². The Morgan fingerprint density at radius 3 is 2.65 bits per heavy atom. The van der Waals surface area contributed by atoms with E-state index >= 15 is 0 Å². The Bertz CT molecular complexity index is 1080. The number of carbonyl (C=O) groups excluding carboxylic acids is 1. The predicted molar refractivity (Wildman–Crippen MR) is 126 cm³/mol. The number of morpholine rings is 1. The van der Waals surface area contributed by atoms with Crippen LogP contribution >= 0.6 is 0 Å². The van der Waals surface area contributed by atoms with Crippen molar-refractivity contribution in [3.63, 3.8) is 0 Å². The highest BCUT2D eigenvalue weighted by atomic mass is 32.2. The van der Waals surface area contributed by atoms with E-state index in [0.29, 0.717) is 44.4 Å². The first-order chi connectivity index (χ1) is 16.4. The average molecular weight is 490 g/mol. The highest BCUT2D eigenvalue weighted by Crippen LogP contribution is 2.32. The van der Waals surface area contributed by atoms with Crippen molar-refractivity contribution >= 4 is 15.9 Å². The molecule has 9 nitrogen and oxygen atoms in total. The summed E-state index contributed by atoms with van der Waals surface area (Å²) in [6, 6.07) is 14.7. The number of likely N-dealkylation sites (N-methyl/N-ethyl adjacent to an activating group) is 1. The third-order valence-corrected chi connectivity index (χ3v) is 7.59. The molecule has 2 heterocycles. The van der Waals surface area contributed by atoms with Gasteiger partial charge in [-0.05, 0) is 17.7 Å². The Morgan fingerprint density at radius 2 is 1.85 bits per heavy atom. The minimum atomic E-state index is -3.87. The topological polar surface area (TPSA) is 97.4 Å². The lowest BCUT2D eigenvalue weighted by atomic mass is 10.2. The second-order valence-corrected chi connectivity index (χ2v) is 10.5. The maximum atomic E-state index is 13.0. The van der Waals surface area contributed by atoms with Gasteiger partial charge in [0.05, 0.1) is 37.4 Å². The van der Waals surface area contributed by atoms with E-state index in [1.807, 2.05) is 18.2 Å². The summed E-state index contributed by atoms with van der Waals surface area (Å²) in [5.74, 6) is 0.528. The van der Waals surface area contributed by atoms with Crippen molar-refractivity contribution in [3.8, 4) is 11.5 Å². The van der Waals surface area contributed by atoms with Gasteiger partial charge in [0.2, 0.25) is 15.9 Å². The van der Waals surface area contributed by atoms with Gasteiger partial charge in [-0.25, -0.2) is 8.42 Å². The zero-order valence-electron chi connectivity index (χ0n) is 19.3. The number of ether oxygens (including phenoxy) is 3. The lowest BCUT2D eigenvalue weighted by molar-refractivity contribution is -0.122. The van der Waals surface area contributed by atoms with Gasteiger partial charge in [0.25, 0.3) is 0 Å². The van der Waals surface area contributed by atoms with E-state index in [9.17, 15) is 13.2 Å². The first-order valence-electron chi connectivity index (χ1n) is 11.4. The Labute approximate surface area is 200 Å². The molecule has 0 saturated carbocycles. The number of fused-ring (bicyclic) bond motifs is 1. The van der Waals surface area contributed by atoms with Crippen LogP contribution < -0.4 is 14.8 Å². The van der Waals surface area contributed by atoms with E-state index in [-0.39, 0.29) is 23.5 Å². The first kappa shape index (κ1) is 24.5. The molecule has 2 aliphatic rings. The van der Waals surface area contributed by atoms with Crippen LogP contribution in [0, 0.1) is 0 Å². The van der Waals surface area contributed by atoms with E-state index in [0.717, 1.165) is 23.8 Å². The second-order valence-electron chi connectivity index (χ2n) is 8.44. The van der Waals surface area contributed by atoms with Crippen LogP contribution in [0.5, 0.6) is 11.5 Å². The summed E-state index contributed by atoms with van der Waals surface area (Å²) >= 11 is 0. The fourth-order valence-corrected chi connectivity index (χ4v) is 5.09. The number of hydrogen-bond donors (Lipinski definition) is 1. The van der Waals surface area contributed by atoms with Gasteiger partial charge in [-0.1, -0.05) is 30.3 Å². The van der Waals surface area contributed by atoms with Gasteiger partial charge in [0.15, 0.2) is 11.5 Å². The van der Waals surface area contributed by atoms with E-state index in [1.165, 1.54) is 24.7 Å². The third kappa shape index (κ3) is 6.26. The number of nitrogens with one attached hydrogen (secondary N) is 1. The van der Waals surface area contributed by atoms with Crippen LogP contribution in [0.15, 0.2) is 53.4 Å². The van der Waals surface area contributed by atoms with Crippen molar-refractivity contribution < 1.29 is 27.4 Å². The summed E-state index contributed by atoms with van der Waals surface area (Å²) in [6.45, 7) is 3.95. The summed E-state index contributed by atoms with van der Waals surface area (Å²) in [5.41, 5.74) is 1.23. The first-order valence-corrected chi connectivity index (χ1v) is 12.9. The van der Waals surface area contributed by atoms with Crippen molar-refractivity contribution in [3.05, 3.63) is 54.1 Å². The van der Waals surface area contributed by atoms with E-state index in [4.69, 9.17) is 14.2 Å². The summed E-state index contributed by atoms with van der Waals surface area (Å²) in [7, 11) is -2.48. The molecule has 10 heteroatoms. The normalized spacial score (nSPS) is 18.9. The lowest BCUT2D eigenvalue weighted by Gasteiger charge is -2.33. The van der Waals surface area contributed by atoms with Gasteiger partial charge in [0.1, 0.15) is 0 Å². The van der Waals surface area contributed by atoms with Gasteiger partial charge < -0.3 is 19.5 Å². The van der Waals surface area contributed by atoms with Crippen molar-refractivity contribution in [1.29, 1.82) is 0 Å². The maximum Gasteiger partial charge on any atom is 0.243 e. The molecule has 1 saturated heterocycles. The molecule has 2 aromatic rings. The Morgan fingerprint density at radius 1 is 1.09 bits per heavy atom. The van der Waals surface area contributed by atoms with E-state index in [1.54, 1.807) is 6.07 Å². The fraction of sp³-hybridized carbons (Fsp3) is 0.458. The average Bonchev–Trinajstić information content (AvgIpc) is 3.08. The molecule has 1 amide bonds. The van der Waals surface area contributed by atoms with Crippen LogP contribution in [0.1, 0.15) is 12.0 Å². The molecule has 34 heavy (non-hydrogen) atoms. The van der Waals surface area contributed by atoms with Crippen LogP contribution in [0.25, 0.3) is 0 Å². The number of rotatable bonds is 8. The molecule has 2 aliphatic heterocycles. The molecule has 1 N–H and O–H groups in total. The molecule has 0 spiro atoms. The van der Waals surface area contributed by atoms with Crippen molar-refractivity contribution in [2.45, 2.75) is 24.0 Å². The summed E-state index contributed by atoms with van der Waals surface area (Å²) in [6.07, 6.45) is 0.580. The summed E-state index contributed by atoms with van der Waals surface area (Å²) < 4.78 is 43.9. The number of amides is 1. The quantitative estimate of drug-likeness (QED) is 0.600. The molecule has 1 unspecified atom stereocenters. The molecule has 1 fully saturated rings. The minimum absolute atomic E-state index is 0.0548. The second kappa shape index (κ2) is 11.2. The number of benzene rings is 2. The van der Waals surface area contributed by atoms with Gasteiger partial charge >= 0.3 is 0 Å². The molecular formula is C24H31N3O6S. The number of nitrogens with zero attached hydrogens (tertiary/aromatic N) is 2. The maximum absolute atomic E-state index is 13.0. The summed E-state index contributed by atoms with van der Waals surface area (Å²) in [4.78, 5) is 14.8. The number of carbonyl (C=O) groups is 1. The SMILES string of the molecule is CN(CC(=O)NCC1CN(Cc2ccccc2)CCO1)S(=O)(=O)c1ccc2c(c1)OCCCO2. The smallest absolute Gasteiger partial charge is 0.243 e. The largest absolute Gasteiger partial charge is 0.490 e. The molecule has 4 rings (SSSR count). The molecule has 2 aromatic carbocycles. The third-order valence-electron chi connectivity index (χ3n) is 5.79. The van der Waals surface area contributed by atoms with E-state index in [2.05, 4.69) is 22.3 Å². The lowest BCUT2D eigenvalue weighted by Crippen LogP contribution is -2.48. The van der Waals surface area contributed by atoms with Crippen LogP contribution in [0.2, 0.25) is 0 Å². The molecular weight excluding hydrogens is 458 g/mol.